The molecule has 11 heavy (non-hydrogen) atoms. The zero-order valence-electron chi connectivity index (χ0n) is 6.93. The second-order valence-corrected chi connectivity index (χ2v) is 2.95. The van der Waals surface area contributed by atoms with Gasteiger partial charge in [-0.2, -0.15) is 0 Å². The van der Waals surface area contributed by atoms with Crippen LogP contribution in [0.15, 0.2) is 0 Å². The number of carbonyl (C=O) groups excluding carboxylic acids is 1. The molecule has 1 rings (SSSR count). The fourth-order valence-corrected chi connectivity index (χ4v) is 1.08. The highest BCUT2D eigenvalue weighted by molar-refractivity contribution is 5.85. The lowest BCUT2D eigenvalue weighted by Gasteiger charge is -2.26. The number of amides is 1. The average Bonchev–Trinajstić information content (AvgIpc) is 1.80. The van der Waals surface area contributed by atoms with Crippen LogP contribution < -0.4 is 5.32 Å². The summed E-state index contributed by atoms with van der Waals surface area (Å²) < 4.78 is 0. The Kier molecular flexibility index (Phi) is 5.30. The van der Waals surface area contributed by atoms with Crippen LogP contribution in [-0.2, 0) is 4.79 Å². The van der Waals surface area contributed by atoms with E-state index in [0.29, 0.717) is 12.5 Å². The number of hydrogen-bond donors (Lipinski definition) is 1. The van der Waals surface area contributed by atoms with Gasteiger partial charge in [-0.3, -0.25) is 4.79 Å². The quantitative estimate of drug-likeness (QED) is 0.701. The van der Waals surface area contributed by atoms with Gasteiger partial charge in [0.15, 0.2) is 0 Å². The molecule has 0 unspecified atom stereocenters. The van der Waals surface area contributed by atoms with Crippen LogP contribution in [0.2, 0.25) is 0 Å². The minimum absolute atomic E-state index is 0. The van der Waals surface area contributed by atoms with Crippen molar-refractivity contribution in [3.05, 3.63) is 0 Å². The van der Waals surface area contributed by atoms with Crippen molar-refractivity contribution >= 4 is 18.3 Å². The smallest absolute Gasteiger partial charge is 0.220 e. The Morgan fingerprint density at radius 1 is 1.55 bits per heavy atom. The molecule has 0 atom stereocenters. The summed E-state index contributed by atoms with van der Waals surface area (Å²) in [6.45, 7) is 2.03. The van der Waals surface area contributed by atoms with E-state index in [-0.39, 0.29) is 18.3 Å². The molecule has 0 aromatic heterocycles. The molecule has 0 spiro atoms. The Labute approximate surface area is 74.2 Å². The van der Waals surface area contributed by atoms with Crippen LogP contribution in [0.3, 0.4) is 0 Å². The topological polar surface area (TPSA) is 29.1 Å². The lowest BCUT2D eigenvalue weighted by molar-refractivity contribution is -0.122. The molecule has 0 bridgehead atoms. The molecule has 66 valence electrons. The Morgan fingerprint density at radius 3 is 2.55 bits per heavy atom. The Morgan fingerprint density at radius 2 is 2.18 bits per heavy atom. The van der Waals surface area contributed by atoms with Crippen LogP contribution >= 0.6 is 12.4 Å². The van der Waals surface area contributed by atoms with Crippen LogP contribution in [0.4, 0.5) is 0 Å². The fraction of sp³-hybridized carbons (Fsp3) is 0.875. The van der Waals surface area contributed by atoms with Gasteiger partial charge >= 0.3 is 0 Å². The first kappa shape index (κ1) is 10.8. The Bertz CT molecular complexity index is 123. The molecule has 1 aliphatic rings. The first-order valence-corrected chi connectivity index (χ1v) is 4.12. The summed E-state index contributed by atoms with van der Waals surface area (Å²) in [6.07, 6.45) is 5.32. The van der Waals surface area contributed by atoms with E-state index in [0.717, 1.165) is 6.42 Å². The van der Waals surface area contributed by atoms with E-state index in [4.69, 9.17) is 0 Å². The molecule has 1 N–H and O–H groups in total. The summed E-state index contributed by atoms with van der Waals surface area (Å²) >= 11 is 0. The molecule has 0 aromatic rings. The van der Waals surface area contributed by atoms with Crippen LogP contribution in [0.25, 0.3) is 0 Å². The van der Waals surface area contributed by atoms with Gasteiger partial charge in [-0.1, -0.05) is 6.92 Å². The number of hydrogen-bond acceptors (Lipinski definition) is 1. The molecule has 1 fully saturated rings. The predicted octanol–water partition coefficient (Wildman–Crippen LogP) is 1.88. The van der Waals surface area contributed by atoms with Crippen molar-refractivity contribution < 1.29 is 4.79 Å². The van der Waals surface area contributed by atoms with Crippen molar-refractivity contribution in [1.29, 1.82) is 0 Å². The van der Waals surface area contributed by atoms with E-state index in [2.05, 4.69) is 5.32 Å². The van der Waals surface area contributed by atoms with Gasteiger partial charge in [-0.15, -0.1) is 12.4 Å². The van der Waals surface area contributed by atoms with Crippen molar-refractivity contribution in [2.75, 3.05) is 0 Å². The third kappa shape index (κ3) is 3.61. The van der Waals surface area contributed by atoms with Crippen molar-refractivity contribution in [2.24, 2.45) is 0 Å². The zero-order chi connectivity index (χ0) is 7.40. The number of halogens is 1. The van der Waals surface area contributed by atoms with E-state index < -0.39 is 0 Å². The van der Waals surface area contributed by atoms with E-state index >= 15 is 0 Å². The highest BCUT2D eigenvalue weighted by Gasteiger charge is 2.18. The molecule has 0 radical (unpaired) electrons. The number of rotatable bonds is 3. The Balaban J connectivity index is 0.000001000. The molecule has 3 heteroatoms. The molecule has 1 aliphatic carbocycles. The highest BCUT2D eigenvalue weighted by atomic mass is 35.5. The van der Waals surface area contributed by atoms with E-state index in [1.165, 1.54) is 19.3 Å². The summed E-state index contributed by atoms with van der Waals surface area (Å²) in [6, 6.07) is 0.513. The fourth-order valence-electron chi connectivity index (χ4n) is 1.08. The molecular formula is C8H16ClNO. The summed E-state index contributed by atoms with van der Waals surface area (Å²) in [5.74, 6) is 0.229. The van der Waals surface area contributed by atoms with Crippen LogP contribution in [0.5, 0.6) is 0 Å². The first-order chi connectivity index (χ1) is 4.83. The maximum Gasteiger partial charge on any atom is 0.220 e. The number of nitrogens with one attached hydrogen (secondary N) is 1. The molecule has 0 aliphatic heterocycles. The lowest BCUT2D eigenvalue weighted by atomic mass is 9.93. The van der Waals surface area contributed by atoms with Gasteiger partial charge in [0.05, 0.1) is 0 Å². The molecule has 2 nitrogen and oxygen atoms in total. The maximum absolute atomic E-state index is 10.9. The maximum atomic E-state index is 10.9. The van der Waals surface area contributed by atoms with Crippen molar-refractivity contribution in [2.45, 2.75) is 45.1 Å². The van der Waals surface area contributed by atoms with Gasteiger partial charge in [0.2, 0.25) is 5.91 Å². The lowest BCUT2D eigenvalue weighted by Crippen LogP contribution is -2.39. The largest absolute Gasteiger partial charge is 0.353 e. The monoisotopic (exact) mass is 177 g/mol. The van der Waals surface area contributed by atoms with Crippen molar-refractivity contribution in [1.82, 2.24) is 5.32 Å². The minimum Gasteiger partial charge on any atom is -0.353 e. The van der Waals surface area contributed by atoms with E-state index in [9.17, 15) is 4.79 Å². The third-order valence-corrected chi connectivity index (χ3v) is 1.95. The predicted molar refractivity (Wildman–Crippen MR) is 47.9 cm³/mol. The van der Waals surface area contributed by atoms with Gasteiger partial charge in [-0.25, -0.2) is 0 Å². The van der Waals surface area contributed by atoms with Gasteiger partial charge in [0, 0.05) is 12.5 Å². The summed E-state index contributed by atoms with van der Waals surface area (Å²) in [4.78, 5) is 10.9. The van der Waals surface area contributed by atoms with Gasteiger partial charge in [0.1, 0.15) is 0 Å². The molecule has 0 heterocycles. The summed E-state index contributed by atoms with van der Waals surface area (Å²) in [5.41, 5.74) is 0. The molecular weight excluding hydrogens is 162 g/mol. The minimum atomic E-state index is 0. The van der Waals surface area contributed by atoms with Crippen LogP contribution in [0, 0.1) is 0 Å². The second-order valence-electron chi connectivity index (χ2n) is 2.95. The average molecular weight is 178 g/mol. The summed E-state index contributed by atoms with van der Waals surface area (Å²) in [5, 5.41) is 2.98. The Hall–Kier alpha value is -0.240. The van der Waals surface area contributed by atoms with Crippen LogP contribution in [0.1, 0.15) is 39.0 Å². The van der Waals surface area contributed by atoms with Crippen LogP contribution in [-0.4, -0.2) is 11.9 Å². The van der Waals surface area contributed by atoms with Gasteiger partial charge < -0.3 is 5.32 Å². The molecule has 1 saturated carbocycles. The van der Waals surface area contributed by atoms with Crippen molar-refractivity contribution in [3.8, 4) is 0 Å². The number of carbonyl (C=O) groups is 1. The second kappa shape index (κ2) is 5.42. The van der Waals surface area contributed by atoms with Gasteiger partial charge in [0.25, 0.3) is 0 Å². The van der Waals surface area contributed by atoms with E-state index in [1.807, 2.05) is 6.92 Å². The normalized spacial score (nSPS) is 16.5. The van der Waals surface area contributed by atoms with E-state index in [1.54, 1.807) is 0 Å². The molecule has 0 saturated heterocycles. The molecule has 1 amide bonds. The first-order valence-electron chi connectivity index (χ1n) is 4.12. The van der Waals surface area contributed by atoms with Crippen molar-refractivity contribution in [3.63, 3.8) is 0 Å². The summed E-state index contributed by atoms with van der Waals surface area (Å²) in [7, 11) is 0. The zero-order valence-corrected chi connectivity index (χ0v) is 7.75. The third-order valence-electron chi connectivity index (χ3n) is 1.95. The highest BCUT2D eigenvalue weighted by Crippen LogP contribution is 2.17. The standard InChI is InChI=1S/C8H15NO.ClH/c1-2-4-8(10)9-7-5-3-6-7;/h7H,2-6H2,1H3,(H,9,10);1H. The SMILES string of the molecule is CCCC(=O)NC1CCC1.Cl. The molecule has 0 aromatic carbocycles. The van der Waals surface area contributed by atoms with Gasteiger partial charge in [-0.05, 0) is 25.7 Å².